The number of aromatic nitrogens is 2. The van der Waals surface area contributed by atoms with Gasteiger partial charge in [0.25, 0.3) is 0 Å². The second kappa shape index (κ2) is 4.75. The molecule has 2 N–H and O–H groups in total. The van der Waals surface area contributed by atoms with E-state index >= 15 is 0 Å². The van der Waals surface area contributed by atoms with E-state index in [2.05, 4.69) is 36.7 Å². The summed E-state index contributed by atoms with van der Waals surface area (Å²) in [6.07, 6.45) is 4.66. The van der Waals surface area contributed by atoms with Gasteiger partial charge in [-0.3, -0.25) is 0 Å². The zero-order valence-electron chi connectivity index (χ0n) is 12.1. The van der Waals surface area contributed by atoms with Crippen LogP contribution in [0, 0.1) is 6.92 Å². The first kappa shape index (κ1) is 12.9. The standard InChI is InChI=1S/C15H24N4/c1-9(2)14-6-10(3)17-15(18-14)19-12-4-5-13(19)8-11(16)7-12/h6,9,11-13H,4-5,7-8,16H2,1-3H3. The van der Waals surface area contributed by atoms with Gasteiger partial charge in [-0.2, -0.15) is 0 Å². The van der Waals surface area contributed by atoms with Crippen LogP contribution >= 0.6 is 0 Å². The first-order valence-corrected chi connectivity index (χ1v) is 7.44. The van der Waals surface area contributed by atoms with Crippen molar-refractivity contribution in [3.8, 4) is 0 Å². The minimum atomic E-state index is 0.364. The Morgan fingerprint density at radius 2 is 1.84 bits per heavy atom. The van der Waals surface area contributed by atoms with E-state index in [4.69, 9.17) is 10.7 Å². The number of nitrogens with zero attached hydrogens (tertiary/aromatic N) is 3. The zero-order valence-corrected chi connectivity index (χ0v) is 12.1. The van der Waals surface area contributed by atoms with Crippen molar-refractivity contribution in [1.29, 1.82) is 0 Å². The van der Waals surface area contributed by atoms with Gasteiger partial charge in [-0.15, -0.1) is 0 Å². The number of rotatable bonds is 2. The van der Waals surface area contributed by atoms with E-state index in [-0.39, 0.29) is 0 Å². The summed E-state index contributed by atoms with van der Waals surface area (Å²) in [6, 6.07) is 3.57. The van der Waals surface area contributed by atoms with Crippen molar-refractivity contribution in [2.24, 2.45) is 5.73 Å². The molecule has 2 bridgehead atoms. The SMILES string of the molecule is Cc1cc(C(C)C)nc(N2C3CCC2CC(N)C3)n1. The lowest BCUT2D eigenvalue weighted by Gasteiger charge is -2.38. The molecular weight excluding hydrogens is 236 g/mol. The molecular formula is C15H24N4. The molecule has 0 spiro atoms. The third kappa shape index (κ3) is 2.34. The third-order valence-corrected chi connectivity index (χ3v) is 4.45. The summed E-state index contributed by atoms with van der Waals surface area (Å²) in [5.41, 5.74) is 8.36. The molecule has 3 heterocycles. The minimum absolute atomic E-state index is 0.364. The maximum Gasteiger partial charge on any atom is 0.226 e. The Bertz CT molecular complexity index is 457. The Morgan fingerprint density at radius 1 is 1.21 bits per heavy atom. The molecule has 3 rings (SSSR count). The van der Waals surface area contributed by atoms with Crippen LogP contribution in [0.2, 0.25) is 0 Å². The van der Waals surface area contributed by atoms with Gasteiger partial charge < -0.3 is 10.6 Å². The fourth-order valence-corrected chi connectivity index (χ4v) is 3.53. The predicted molar refractivity (Wildman–Crippen MR) is 77.4 cm³/mol. The fraction of sp³-hybridized carbons (Fsp3) is 0.733. The van der Waals surface area contributed by atoms with Crippen LogP contribution < -0.4 is 10.6 Å². The van der Waals surface area contributed by atoms with Crippen LogP contribution in [0.1, 0.15) is 56.8 Å². The van der Waals surface area contributed by atoms with Crippen LogP contribution in [0.4, 0.5) is 5.95 Å². The minimum Gasteiger partial charge on any atom is -0.335 e. The molecule has 2 aliphatic rings. The van der Waals surface area contributed by atoms with Crippen LogP contribution in [0.15, 0.2) is 6.07 Å². The molecule has 1 aromatic heterocycles. The third-order valence-electron chi connectivity index (χ3n) is 4.45. The highest BCUT2D eigenvalue weighted by Crippen LogP contribution is 2.37. The molecule has 104 valence electrons. The maximum atomic E-state index is 6.14. The van der Waals surface area contributed by atoms with E-state index in [1.165, 1.54) is 12.8 Å². The van der Waals surface area contributed by atoms with Crippen molar-refractivity contribution in [2.45, 2.75) is 70.5 Å². The Balaban J connectivity index is 1.94. The summed E-state index contributed by atoms with van der Waals surface area (Å²) in [5.74, 6) is 1.38. The van der Waals surface area contributed by atoms with E-state index < -0.39 is 0 Å². The number of aryl methyl sites for hydroxylation is 1. The van der Waals surface area contributed by atoms with Crippen molar-refractivity contribution < 1.29 is 0 Å². The Labute approximate surface area is 115 Å². The lowest BCUT2D eigenvalue weighted by Crippen LogP contribution is -2.48. The van der Waals surface area contributed by atoms with E-state index in [1.54, 1.807) is 0 Å². The van der Waals surface area contributed by atoms with Crippen molar-refractivity contribution >= 4 is 5.95 Å². The van der Waals surface area contributed by atoms with Crippen molar-refractivity contribution in [3.05, 3.63) is 17.5 Å². The summed E-state index contributed by atoms with van der Waals surface area (Å²) < 4.78 is 0. The summed E-state index contributed by atoms with van der Waals surface area (Å²) in [7, 11) is 0. The second-order valence-corrected chi connectivity index (χ2v) is 6.41. The fourth-order valence-electron chi connectivity index (χ4n) is 3.53. The van der Waals surface area contributed by atoms with E-state index in [0.717, 1.165) is 30.2 Å². The molecule has 0 aliphatic carbocycles. The quantitative estimate of drug-likeness (QED) is 0.887. The summed E-state index contributed by atoms with van der Waals surface area (Å²) in [5, 5.41) is 0. The van der Waals surface area contributed by atoms with Gasteiger partial charge >= 0.3 is 0 Å². The number of hydrogen-bond donors (Lipinski definition) is 1. The molecule has 1 aromatic rings. The van der Waals surface area contributed by atoms with E-state index in [1.807, 2.05) is 0 Å². The van der Waals surface area contributed by atoms with Crippen LogP contribution in [-0.2, 0) is 0 Å². The van der Waals surface area contributed by atoms with Gasteiger partial charge in [0, 0.05) is 29.5 Å². The first-order valence-electron chi connectivity index (χ1n) is 7.44. The number of fused-ring (bicyclic) bond motifs is 2. The molecule has 0 saturated carbocycles. The molecule has 0 amide bonds. The van der Waals surface area contributed by atoms with Crippen LogP contribution in [0.3, 0.4) is 0 Å². The highest BCUT2D eigenvalue weighted by molar-refractivity contribution is 5.39. The highest BCUT2D eigenvalue weighted by atomic mass is 15.3. The number of nitrogens with two attached hydrogens (primary N) is 1. The molecule has 2 saturated heterocycles. The molecule has 0 aromatic carbocycles. The molecule has 2 fully saturated rings. The average Bonchev–Trinajstić information content (AvgIpc) is 2.61. The zero-order chi connectivity index (χ0) is 13.6. The smallest absolute Gasteiger partial charge is 0.226 e. The first-order chi connectivity index (χ1) is 9.04. The van der Waals surface area contributed by atoms with Crippen molar-refractivity contribution in [1.82, 2.24) is 9.97 Å². The van der Waals surface area contributed by atoms with Crippen LogP contribution in [0.25, 0.3) is 0 Å². The van der Waals surface area contributed by atoms with Gasteiger partial charge in [0.05, 0.1) is 0 Å². The Morgan fingerprint density at radius 3 is 2.42 bits per heavy atom. The van der Waals surface area contributed by atoms with E-state index in [0.29, 0.717) is 24.0 Å². The van der Waals surface area contributed by atoms with Crippen molar-refractivity contribution in [2.75, 3.05) is 4.90 Å². The molecule has 2 aliphatic heterocycles. The van der Waals surface area contributed by atoms with Gasteiger partial charge in [0.1, 0.15) is 0 Å². The molecule has 2 unspecified atom stereocenters. The second-order valence-electron chi connectivity index (χ2n) is 6.41. The molecule has 19 heavy (non-hydrogen) atoms. The van der Waals surface area contributed by atoms with Crippen LogP contribution in [-0.4, -0.2) is 28.1 Å². The number of anilines is 1. The maximum absolute atomic E-state index is 6.14. The topological polar surface area (TPSA) is 55.0 Å². The molecule has 2 atom stereocenters. The monoisotopic (exact) mass is 260 g/mol. The Kier molecular flexibility index (Phi) is 3.21. The molecule has 0 radical (unpaired) electrons. The van der Waals surface area contributed by atoms with Crippen molar-refractivity contribution in [3.63, 3.8) is 0 Å². The van der Waals surface area contributed by atoms with Crippen LogP contribution in [0.5, 0.6) is 0 Å². The number of piperidine rings is 1. The highest BCUT2D eigenvalue weighted by Gasteiger charge is 2.41. The van der Waals surface area contributed by atoms with Gasteiger partial charge in [-0.1, -0.05) is 13.8 Å². The molecule has 4 heteroatoms. The van der Waals surface area contributed by atoms with Gasteiger partial charge in [0.2, 0.25) is 5.95 Å². The lowest BCUT2D eigenvalue weighted by molar-refractivity contribution is 0.408. The summed E-state index contributed by atoms with van der Waals surface area (Å²) >= 11 is 0. The van der Waals surface area contributed by atoms with Gasteiger partial charge in [-0.25, -0.2) is 9.97 Å². The molecule has 4 nitrogen and oxygen atoms in total. The summed E-state index contributed by atoms with van der Waals surface area (Å²) in [4.78, 5) is 11.9. The van der Waals surface area contributed by atoms with E-state index in [9.17, 15) is 0 Å². The van der Waals surface area contributed by atoms with Gasteiger partial charge in [-0.05, 0) is 44.6 Å². The Hall–Kier alpha value is -1.16. The predicted octanol–water partition coefficient (Wildman–Crippen LogP) is 2.37. The largest absolute Gasteiger partial charge is 0.335 e. The van der Waals surface area contributed by atoms with Gasteiger partial charge in [0.15, 0.2) is 0 Å². The number of hydrogen-bond acceptors (Lipinski definition) is 4. The lowest BCUT2D eigenvalue weighted by atomic mass is 9.98. The summed E-state index contributed by atoms with van der Waals surface area (Å²) in [6.45, 7) is 6.44. The average molecular weight is 260 g/mol. The normalized spacial score (nSPS) is 30.2.